The number of carbonyl (C=O) groups is 2. The lowest BCUT2D eigenvalue weighted by Crippen LogP contribution is -2.39. The van der Waals surface area contributed by atoms with Crippen molar-refractivity contribution in [2.45, 2.75) is 59.5 Å². The highest BCUT2D eigenvalue weighted by molar-refractivity contribution is 6.31. The molecule has 0 N–H and O–H groups in total. The van der Waals surface area contributed by atoms with Gasteiger partial charge in [0.2, 0.25) is 11.8 Å². The molecule has 1 fully saturated rings. The Kier molecular flexibility index (Phi) is 8.38. The maximum absolute atomic E-state index is 13.1. The second-order valence-corrected chi connectivity index (χ2v) is 9.78. The summed E-state index contributed by atoms with van der Waals surface area (Å²) in [4.78, 5) is 52.5. The Hall–Kier alpha value is -3.43. The molecule has 0 spiro atoms. The molecule has 1 aliphatic rings. The Morgan fingerprint density at radius 3 is 2.05 bits per heavy atom. The molecule has 202 valence electrons. The zero-order valence-corrected chi connectivity index (χ0v) is 23.1. The molecule has 0 unspecified atom stereocenters. The van der Waals surface area contributed by atoms with E-state index in [0.717, 1.165) is 49.9 Å². The van der Waals surface area contributed by atoms with Gasteiger partial charge in [0.1, 0.15) is 0 Å². The van der Waals surface area contributed by atoms with E-state index >= 15 is 0 Å². The largest absolute Gasteiger partial charge is 0.336 e. The predicted molar refractivity (Wildman–Crippen MR) is 151 cm³/mol. The van der Waals surface area contributed by atoms with Crippen LogP contribution >= 0.6 is 11.6 Å². The predicted octanol–water partition coefficient (Wildman–Crippen LogP) is 4.65. The summed E-state index contributed by atoms with van der Waals surface area (Å²) in [5, 5.41) is 0.481. The number of aryl methyl sites for hydroxylation is 1. The average Bonchev–Trinajstić information content (AvgIpc) is 3.35. The first-order valence-electron chi connectivity index (χ1n) is 13.1. The van der Waals surface area contributed by atoms with Gasteiger partial charge in [-0.1, -0.05) is 37.6 Å². The molecule has 0 atom stereocenters. The zero-order chi connectivity index (χ0) is 27.6. The molecule has 0 saturated carbocycles. The monoisotopic (exact) mass is 539 g/mol. The van der Waals surface area contributed by atoms with Crippen molar-refractivity contribution in [3.8, 4) is 0 Å². The van der Waals surface area contributed by atoms with Crippen LogP contribution in [0.25, 0.3) is 22.1 Å². The van der Waals surface area contributed by atoms with Crippen LogP contribution in [0.15, 0.2) is 52.1 Å². The first kappa shape index (κ1) is 27.6. The lowest BCUT2D eigenvalue weighted by atomic mass is 10.0. The minimum absolute atomic E-state index is 0.00538. The van der Waals surface area contributed by atoms with E-state index < -0.39 is 0 Å². The molecule has 0 radical (unpaired) electrons. The summed E-state index contributed by atoms with van der Waals surface area (Å²) in [7, 11) is 0. The number of halogens is 1. The Morgan fingerprint density at radius 1 is 0.816 bits per heavy atom. The van der Waals surface area contributed by atoms with Crippen molar-refractivity contribution in [2.24, 2.45) is 0 Å². The van der Waals surface area contributed by atoms with Crippen LogP contribution < -0.4 is 11.4 Å². The maximum Gasteiger partial charge on any atom is 0.336 e. The molecule has 1 saturated heterocycles. The zero-order valence-electron chi connectivity index (χ0n) is 22.3. The molecular formula is C28H34ClN5O4. The third kappa shape index (κ3) is 5.00. The van der Waals surface area contributed by atoms with Gasteiger partial charge in [0.25, 0.3) is 0 Å². The van der Waals surface area contributed by atoms with Gasteiger partial charge in [-0.25, -0.2) is 18.7 Å². The van der Waals surface area contributed by atoms with E-state index in [-0.39, 0.29) is 29.2 Å². The van der Waals surface area contributed by atoms with Crippen molar-refractivity contribution >= 4 is 45.5 Å². The molecule has 3 heterocycles. The summed E-state index contributed by atoms with van der Waals surface area (Å²) in [5.74, 6) is -0.620. The number of nitrogens with zero attached hydrogens (tertiary/aromatic N) is 5. The number of likely N-dealkylation sites (tertiary alicyclic amines) is 1. The van der Waals surface area contributed by atoms with Crippen molar-refractivity contribution in [3.63, 3.8) is 0 Å². The fraction of sp³-hybridized carbons (Fsp3) is 0.429. The molecule has 5 rings (SSSR count). The van der Waals surface area contributed by atoms with Crippen LogP contribution in [0.5, 0.6) is 0 Å². The lowest BCUT2D eigenvalue weighted by Gasteiger charge is -2.32. The number of benzene rings is 2. The quantitative estimate of drug-likeness (QED) is 0.368. The molecule has 0 aliphatic carbocycles. The van der Waals surface area contributed by atoms with Gasteiger partial charge in [-0.2, -0.15) is 0 Å². The SMILES string of the molecule is CC.CC(=O)n1c(=O)n(CCCN2CCC(n3c(=O)n(C(C)=O)c4cc(Cl)ccc43)CC2)c2ccccc21. The minimum atomic E-state index is -0.329. The first-order chi connectivity index (χ1) is 18.3. The molecule has 0 amide bonds. The number of rotatable bonds is 5. The number of hydrogen-bond acceptors (Lipinski definition) is 5. The molecule has 2 aromatic carbocycles. The van der Waals surface area contributed by atoms with E-state index in [0.29, 0.717) is 22.6 Å². The van der Waals surface area contributed by atoms with Crippen LogP contribution in [0.3, 0.4) is 0 Å². The van der Waals surface area contributed by atoms with Crippen LogP contribution in [0.4, 0.5) is 0 Å². The summed E-state index contributed by atoms with van der Waals surface area (Å²) in [6, 6.07) is 12.5. The van der Waals surface area contributed by atoms with Gasteiger partial charge in [-0.3, -0.25) is 18.7 Å². The van der Waals surface area contributed by atoms with E-state index in [4.69, 9.17) is 11.6 Å². The minimum Gasteiger partial charge on any atom is -0.303 e. The molecule has 4 aromatic rings. The summed E-state index contributed by atoms with van der Waals surface area (Å²) in [6.45, 7) is 9.72. The summed E-state index contributed by atoms with van der Waals surface area (Å²) in [6.07, 6.45) is 2.32. The smallest absolute Gasteiger partial charge is 0.303 e. The van der Waals surface area contributed by atoms with Crippen LogP contribution in [0.2, 0.25) is 5.02 Å². The average molecular weight is 540 g/mol. The second-order valence-electron chi connectivity index (χ2n) is 9.34. The fourth-order valence-electron chi connectivity index (χ4n) is 5.43. The number of fused-ring (bicyclic) bond motifs is 2. The highest BCUT2D eigenvalue weighted by atomic mass is 35.5. The highest BCUT2D eigenvalue weighted by Gasteiger charge is 2.26. The van der Waals surface area contributed by atoms with E-state index in [1.165, 1.54) is 23.0 Å². The van der Waals surface area contributed by atoms with Crippen molar-refractivity contribution < 1.29 is 9.59 Å². The van der Waals surface area contributed by atoms with Crippen molar-refractivity contribution in [1.29, 1.82) is 0 Å². The molecular weight excluding hydrogens is 506 g/mol. The van der Waals surface area contributed by atoms with Crippen LogP contribution in [-0.4, -0.2) is 54.6 Å². The topological polar surface area (TPSA) is 91.2 Å². The van der Waals surface area contributed by atoms with Crippen LogP contribution in [0.1, 0.15) is 62.6 Å². The van der Waals surface area contributed by atoms with E-state index in [1.54, 1.807) is 33.4 Å². The summed E-state index contributed by atoms with van der Waals surface area (Å²) in [5.41, 5.74) is 2.03. The number of para-hydroxylation sites is 2. The van der Waals surface area contributed by atoms with Gasteiger partial charge in [0, 0.05) is 44.5 Å². The highest BCUT2D eigenvalue weighted by Crippen LogP contribution is 2.27. The van der Waals surface area contributed by atoms with Gasteiger partial charge in [0.05, 0.1) is 22.1 Å². The lowest BCUT2D eigenvalue weighted by molar-refractivity contribution is 0.0927. The maximum atomic E-state index is 13.1. The number of hydrogen-bond donors (Lipinski definition) is 0. The third-order valence-electron chi connectivity index (χ3n) is 7.08. The van der Waals surface area contributed by atoms with Crippen LogP contribution in [0, 0.1) is 0 Å². The Morgan fingerprint density at radius 2 is 1.42 bits per heavy atom. The molecule has 9 nitrogen and oxygen atoms in total. The van der Waals surface area contributed by atoms with E-state index in [2.05, 4.69) is 4.90 Å². The van der Waals surface area contributed by atoms with Crippen molar-refractivity contribution in [3.05, 3.63) is 68.5 Å². The third-order valence-corrected chi connectivity index (χ3v) is 7.31. The fourth-order valence-corrected chi connectivity index (χ4v) is 5.60. The van der Waals surface area contributed by atoms with Gasteiger partial charge in [0.15, 0.2) is 0 Å². The van der Waals surface area contributed by atoms with Crippen LogP contribution in [-0.2, 0) is 6.54 Å². The Balaban J connectivity index is 0.00000164. The number of imidazole rings is 2. The van der Waals surface area contributed by atoms with E-state index in [1.807, 2.05) is 32.0 Å². The standard InChI is InChI=1S/C26H28ClN5O4.C2H6/c1-17(33)30-22-7-4-3-6-21(22)29(25(30)35)13-5-12-28-14-10-20(11-15-28)32-23-9-8-19(27)16-24(23)31(18(2)34)26(32)36;1-2/h3-4,6-9,16,20H,5,10-15H2,1-2H3;1-2H3. The molecule has 10 heteroatoms. The van der Waals surface area contributed by atoms with Gasteiger partial charge in [-0.15, -0.1) is 0 Å². The molecule has 38 heavy (non-hydrogen) atoms. The normalized spacial score (nSPS) is 14.6. The van der Waals surface area contributed by atoms with Gasteiger partial charge >= 0.3 is 11.4 Å². The molecule has 0 bridgehead atoms. The van der Waals surface area contributed by atoms with Gasteiger partial charge < -0.3 is 4.90 Å². The van der Waals surface area contributed by atoms with Gasteiger partial charge in [-0.05, 0) is 56.1 Å². The Labute approximate surface area is 225 Å². The molecule has 1 aliphatic heterocycles. The number of aromatic nitrogens is 4. The second kappa shape index (κ2) is 11.5. The first-order valence-corrected chi connectivity index (χ1v) is 13.5. The number of carbonyl (C=O) groups excluding carboxylic acids is 2. The van der Waals surface area contributed by atoms with Crippen molar-refractivity contribution in [1.82, 2.24) is 23.2 Å². The number of piperidine rings is 1. The summed E-state index contributed by atoms with van der Waals surface area (Å²) >= 11 is 6.13. The Bertz CT molecular complexity index is 1600. The van der Waals surface area contributed by atoms with E-state index in [9.17, 15) is 19.2 Å². The summed E-state index contributed by atoms with van der Waals surface area (Å²) < 4.78 is 5.83. The van der Waals surface area contributed by atoms with Crippen molar-refractivity contribution in [2.75, 3.05) is 19.6 Å². The molecule has 2 aromatic heterocycles.